The van der Waals surface area contributed by atoms with E-state index in [9.17, 15) is 29.7 Å². The Kier molecular flexibility index (Phi) is 8.69. The van der Waals surface area contributed by atoms with Crippen molar-refractivity contribution in [2.45, 2.75) is 65.1 Å². The Morgan fingerprint density at radius 2 is 1.68 bits per heavy atom. The monoisotopic (exact) mass is 534 g/mol. The number of fused-ring (bicyclic) bond motifs is 2. The molecule has 212 valence electrons. The molecule has 38 heavy (non-hydrogen) atoms. The second-order valence-corrected chi connectivity index (χ2v) is 12.3. The molecule has 0 amide bonds. The second kappa shape index (κ2) is 11.5. The van der Waals surface area contributed by atoms with Gasteiger partial charge in [-0.15, -0.1) is 0 Å². The van der Waals surface area contributed by atoms with Crippen LogP contribution in [0.1, 0.15) is 53.4 Å². The molecule has 2 aliphatic heterocycles. The minimum absolute atomic E-state index is 0.00909. The molecule has 9 nitrogen and oxygen atoms in total. The number of ether oxygens (including phenoxy) is 3. The Bertz CT molecular complexity index is 983. The van der Waals surface area contributed by atoms with E-state index in [-0.39, 0.29) is 61.6 Å². The lowest BCUT2D eigenvalue weighted by molar-refractivity contribution is -0.181. The molecule has 2 saturated carbocycles. The number of hydrogen-bond acceptors (Lipinski definition) is 8. The molecule has 0 aromatic rings. The number of cyclic esters (lactones) is 1. The molecule has 3 N–H and O–H groups in total. The van der Waals surface area contributed by atoms with E-state index in [1.54, 1.807) is 6.08 Å². The lowest BCUT2D eigenvalue weighted by Gasteiger charge is -2.46. The Morgan fingerprint density at radius 3 is 2.32 bits per heavy atom. The molecular formula is C29H42O9. The van der Waals surface area contributed by atoms with Gasteiger partial charge < -0.3 is 29.5 Å². The number of hydrogen-bond donors (Lipinski definition) is 3. The molecule has 0 saturated heterocycles. The number of aliphatic carboxylic acids is 1. The fourth-order valence-corrected chi connectivity index (χ4v) is 7.19. The smallest absolute Gasteiger partial charge is 0.336 e. The van der Waals surface area contributed by atoms with Crippen LogP contribution >= 0.6 is 0 Å². The zero-order chi connectivity index (χ0) is 27.8. The molecule has 4 aliphatic rings. The van der Waals surface area contributed by atoms with Gasteiger partial charge in [0.25, 0.3) is 0 Å². The van der Waals surface area contributed by atoms with Crippen molar-refractivity contribution in [2.24, 2.45) is 47.3 Å². The summed E-state index contributed by atoms with van der Waals surface area (Å²) in [7, 11) is 0. The van der Waals surface area contributed by atoms with Crippen LogP contribution in [-0.4, -0.2) is 71.4 Å². The summed E-state index contributed by atoms with van der Waals surface area (Å²) in [5.41, 5.74) is -1.31. The van der Waals surface area contributed by atoms with Gasteiger partial charge in [-0.3, -0.25) is 4.79 Å². The van der Waals surface area contributed by atoms with Crippen LogP contribution in [0, 0.1) is 47.3 Å². The number of aliphatic hydroxyl groups excluding tert-OH is 1. The topological polar surface area (TPSA) is 140 Å². The van der Waals surface area contributed by atoms with E-state index in [0.29, 0.717) is 23.8 Å². The molecule has 0 spiro atoms. The third-order valence-corrected chi connectivity index (χ3v) is 9.36. The average molecular weight is 535 g/mol. The Morgan fingerprint density at radius 1 is 1.03 bits per heavy atom. The molecule has 2 fully saturated rings. The molecule has 2 heterocycles. The van der Waals surface area contributed by atoms with Crippen LogP contribution in [0.2, 0.25) is 0 Å². The molecule has 8 atom stereocenters. The summed E-state index contributed by atoms with van der Waals surface area (Å²) in [6.45, 7) is 7.66. The summed E-state index contributed by atoms with van der Waals surface area (Å²) in [5, 5.41) is 31.1. The number of esters is 2. The second-order valence-electron chi connectivity index (χ2n) is 12.3. The summed E-state index contributed by atoms with van der Waals surface area (Å²) in [6, 6.07) is 0. The van der Waals surface area contributed by atoms with E-state index in [2.05, 4.69) is 13.8 Å². The van der Waals surface area contributed by atoms with E-state index >= 15 is 0 Å². The van der Waals surface area contributed by atoms with Crippen LogP contribution in [0.5, 0.6) is 0 Å². The van der Waals surface area contributed by atoms with Crippen LogP contribution in [0.3, 0.4) is 0 Å². The highest BCUT2D eigenvalue weighted by atomic mass is 16.6. The van der Waals surface area contributed by atoms with E-state index in [1.165, 1.54) is 0 Å². The van der Waals surface area contributed by atoms with Crippen molar-refractivity contribution in [2.75, 3.05) is 26.4 Å². The summed E-state index contributed by atoms with van der Waals surface area (Å²) in [4.78, 5) is 37.9. The highest BCUT2D eigenvalue weighted by molar-refractivity contribution is 5.89. The number of carboxylic acid groups (broad SMARTS) is 1. The van der Waals surface area contributed by atoms with E-state index in [4.69, 9.17) is 14.2 Å². The molecule has 2 aliphatic carbocycles. The summed E-state index contributed by atoms with van der Waals surface area (Å²) in [6.07, 6.45) is 5.94. The van der Waals surface area contributed by atoms with E-state index in [0.717, 1.165) is 12.8 Å². The van der Waals surface area contributed by atoms with Gasteiger partial charge in [-0.25, -0.2) is 9.59 Å². The van der Waals surface area contributed by atoms with Gasteiger partial charge in [0.05, 0.1) is 29.8 Å². The first-order valence-corrected chi connectivity index (χ1v) is 13.9. The van der Waals surface area contributed by atoms with Crippen LogP contribution in [0.25, 0.3) is 0 Å². The molecule has 0 bridgehead atoms. The highest BCUT2D eigenvalue weighted by Gasteiger charge is 2.54. The number of rotatable bonds is 7. The van der Waals surface area contributed by atoms with Crippen LogP contribution in [0.4, 0.5) is 0 Å². The molecule has 0 aromatic carbocycles. The van der Waals surface area contributed by atoms with Crippen LogP contribution in [-0.2, 0) is 28.6 Å². The van der Waals surface area contributed by atoms with Gasteiger partial charge in [0, 0.05) is 18.4 Å². The number of carbonyl (C=O) groups excluding carboxylic acids is 2. The molecule has 0 unspecified atom stereocenters. The normalized spacial score (nSPS) is 37.4. The lowest BCUT2D eigenvalue weighted by Crippen LogP contribution is -2.55. The maximum absolute atomic E-state index is 13.2. The van der Waals surface area contributed by atoms with E-state index < -0.39 is 42.0 Å². The van der Waals surface area contributed by atoms with Crippen molar-refractivity contribution in [3.63, 3.8) is 0 Å². The van der Waals surface area contributed by atoms with Gasteiger partial charge in [0.1, 0.15) is 18.8 Å². The first kappa shape index (κ1) is 28.8. The highest BCUT2D eigenvalue weighted by Crippen LogP contribution is 2.48. The number of allylic oxidation sites excluding steroid dienone is 1. The predicted octanol–water partition coefficient (Wildman–Crippen LogP) is 2.74. The van der Waals surface area contributed by atoms with Gasteiger partial charge in [-0.05, 0) is 55.3 Å². The summed E-state index contributed by atoms with van der Waals surface area (Å²) < 4.78 is 17.0. The van der Waals surface area contributed by atoms with Crippen molar-refractivity contribution < 1.29 is 43.9 Å². The van der Waals surface area contributed by atoms with E-state index in [1.807, 2.05) is 19.9 Å². The standard InChI is InChI=1S/C29H42O9/c1-15(2)20-6-5-17(11-30)25-23(20)10-19(13-36-25)27(33)38-14-29(35)8-7-21(16(3)4)22-9-18(26(31)32)12-37-28(34)24(22)29/h9-10,15-17,20-25,30,35H,5-8,11-14H2,1-4H3,(H,31,32)/t17-,20+,21+,22+,23+,24+,25-,29+/m0/s1. The predicted molar refractivity (Wildman–Crippen MR) is 137 cm³/mol. The van der Waals surface area contributed by atoms with Gasteiger partial charge in [0.2, 0.25) is 0 Å². The van der Waals surface area contributed by atoms with Crippen molar-refractivity contribution in [3.8, 4) is 0 Å². The quantitative estimate of drug-likeness (QED) is 0.421. The minimum atomic E-state index is -1.68. The lowest BCUT2D eigenvalue weighted by atomic mass is 9.61. The zero-order valence-electron chi connectivity index (χ0n) is 22.8. The molecular weight excluding hydrogens is 492 g/mol. The minimum Gasteiger partial charge on any atom is -0.478 e. The molecule has 0 radical (unpaired) electrons. The SMILES string of the molecule is CC(C)[C@H]1CC[C@@](O)(COC(=O)C2=C[C@H]3[C@@H](OC2)[C@H](CO)CC[C@@H]3C(C)C)[C@H]2C(=O)OCC(C(=O)O)=C[C@H]12. The van der Waals surface area contributed by atoms with Gasteiger partial charge in [0.15, 0.2) is 0 Å². The number of carbonyl (C=O) groups is 3. The van der Waals surface area contributed by atoms with Crippen molar-refractivity contribution >= 4 is 17.9 Å². The number of aliphatic hydroxyl groups is 2. The third kappa shape index (κ3) is 5.56. The fraction of sp³-hybridized carbons (Fsp3) is 0.759. The van der Waals surface area contributed by atoms with Crippen LogP contribution < -0.4 is 0 Å². The molecule has 4 rings (SSSR count). The van der Waals surface area contributed by atoms with Gasteiger partial charge >= 0.3 is 17.9 Å². The molecule has 0 aromatic heterocycles. The first-order chi connectivity index (χ1) is 18.0. The van der Waals surface area contributed by atoms with Gasteiger partial charge in [-0.2, -0.15) is 0 Å². The average Bonchev–Trinajstić information content (AvgIpc) is 3.06. The Hall–Kier alpha value is -2.23. The Balaban J connectivity index is 1.53. The summed E-state index contributed by atoms with van der Waals surface area (Å²) >= 11 is 0. The maximum atomic E-state index is 13.2. The third-order valence-electron chi connectivity index (χ3n) is 9.36. The first-order valence-electron chi connectivity index (χ1n) is 13.9. The van der Waals surface area contributed by atoms with Crippen LogP contribution in [0.15, 0.2) is 23.3 Å². The summed E-state index contributed by atoms with van der Waals surface area (Å²) in [5.74, 6) is -3.17. The molecule has 9 heteroatoms. The maximum Gasteiger partial charge on any atom is 0.336 e. The fourth-order valence-electron chi connectivity index (χ4n) is 7.19. The Labute approximate surface area is 224 Å². The van der Waals surface area contributed by atoms with Crippen molar-refractivity contribution in [3.05, 3.63) is 23.3 Å². The van der Waals surface area contributed by atoms with Crippen molar-refractivity contribution in [1.29, 1.82) is 0 Å². The van der Waals surface area contributed by atoms with Gasteiger partial charge in [-0.1, -0.05) is 39.8 Å². The zero-order valence-corrected chi connectivity index (χ0v) is 22.8. The van der Waals surface area contributed by atoms with Crippen molar-refractivity contribution in [1.82, 2.24) is 0 Å². The number of carboxylic acids is 1. The largest absolute Gasteiger partial charge is 0.478 e.